The van der Waals surface area contributed by atoms with Gasteiger partial charge in [0.1, 0.15) is 18.9 Å². The van der Waals surface area contributed by atoms with E-state index in [1.165, 1.54) is 28.7 Å². The normalized spacial score (nSPS) is 21.8. The predicted molar refractivity (Wildman–Crippen MR) is 118 cm³/mol. The topological polar surface area (TPSA) is 8.88 Å². The Kier molecular flexibility index (Phi) is 6.43. The largest absolute Gasteiger partial charge is 0.278 e. The molecule has 150 valence electrons. The van der Waals surface area contributed by atoms with Crippen molar-refractivity contribution in [2.24, 2.45) is 0 Å². The smallest absolute Gasteiger partial charge is 0.240 e. The molecule has 3 aromatic carbocycles. The molecule has 2 N–H and O–H groups in total. The van der Waals surface area contributed by atoms with Crippen molar-refractivity contribution in [2.75, 3.05) is 13.1 Å². The summed E-state index contributed by atoms with van der Waals surface area (Å²) in [7, 11) is 0. The molecule has 0 radical (unpaired) electrons. The van der Waals surface area contributed by atoms with Gasteiger partial charge in [-0.25, -0.2) is 4.39 Å². The van der Waals surface area contributed by atoms with Crippen molar-refractivity contribution in [3.63, 3.8) is 0 Å². The fourth-order valence-corrected chi connectivity index (χ4v) is 4.91. The summed E-state index contributed by atoms with van der Waals surface area (Å²) in [6.07, 6.45) is 1.55. The summed E-state index contributed by atoms with van der Waals surface area (Å²) in [6, 6.07) is 24.7. The molecule has 0 bridgehead atoms. The number of quaternary nitrogens is 2. The molecule has 1 fully saturated rings. The number of hydrogen-bond donors (Lipinski definition) is 2. The van der Waals surface area contributed by atoms with E-state index >= 15 is 0 Å². The van der Waals surface area contributed by atoms with Crippen LogP contribution in [0.25, 0.3) is 0 Å². The van der Waals surface area contributed by atoms with Gasteiger partial charge in [-0.15, -0.1) is 0 Å². The molecule has 0 saturated carbocycles. The van der Waals surface area contributed by atoms with E-state index in [-0.39, 0.29) is 5.82 Å². The van der Waals surface area contributed by atoms with Crippen LogP contribution in [0.5, 0.6) is 0 Å². The van der Waals surface area contributed by atoms with Crippen LogP contribution < -0.4 is 9.80 Å². The Bertz CT molecular complexity index is 884. The van der Waals surface area contributed by atoms with Gasteiger partial charge in [0, 0.05) is 22.0 Å². The monoisotopic (exact) mass is 454 g/mol. The van der Waals surface area contributed by atoms with Gasteiger partial charge in [-0.3, -0.25) is 9.80 Å². The third kappa shape index (κ3) is 5.13. The van der Waals surface area contributed by atoms with Crippen molar-refractivity contribution in [1.82, 2.24) is 0 Å². The number of aryl methyl sites for hydroxylation is 1. The molecule has 3 atom stereocenters. The Labute approximate surface area is 181 Å². The number of rotatable bonds is 5. The summed E-state index contributed by atoms with van der Waals surface area (Å²) in [5, 5.41) is 0. The van der Waals surface area contributed by atoms with Gasteiger partial charge in [-0.2, -0.15) is 0 Å². The minimum absolute atomic E-state index is 0.169. The lowest BCUT2D eigenvalue weighted by Crippen LogP contribution is -3.32. The molecule has 2 nitrogen and oxygen atoms in total. The van der Waals surface area contributed by atoms with E-state index in [9.17, 15) is 4.39 Å². The second-order valence-corrected chi connectivity index (χ2v) is 9.04. The highest BCUT2D eigenvalue weighted by atomic mass is 79.9. The summed E-state index contributed by atoms with van der Waals surface area (Å²) in [5.74, 6) is -0.169. The van der Waals surface area contributed by atoms with E-state index in [4.69, 9.17) is 0 Å². The standard InChI is InChI=1S/C25H26BrFN2/c1-19-6-8-20(9-7-19)17-28-14-3-15-29(18-21-10-12-24(27)13-11-21)25(28)22-4-2-5-23(26)16-22/h2,4-13,16,25H,3,14-15,17-18H2,1H3/p+2. The lowest BCUT2D eigenvalue weighted by atomic mass is 10.0. The van der Waals surface area contributed by atoms with Crippen LogP contribution in [0.4, 0.5) is 4.39 Å². The molecule has 0 spiro atoms. The fraction of sp³-hybridized carbons (Fsp3) is 0.280. The Hall–Kier alpha value is -2.01. The minimum atomic E-state index is -0.169. The summed E-state index contributed by atoms with van der Waals surface area (Å²) in [5.41, 5.74) is 5.24. The maximum Gasteiger partial charge on any atom is 0.240 e. The molecule has 0 amide bonds. The van der Waals surface area contributed by atoms with Crippen molar-refractivity contribution in [2.45, 2.75) is 32.6 Å². The summed E-state index contributed by atoms with van der Waals surface area (Å²) >= 11 is 3.66. The zero-order valence-electron chi connectivity index (χ0n) is 16.8. The first kappa shape index (κ1) is 20.3. The van der Waals surface area contributed by atoms with Crippen LogP contribution in [0.3, 0.4) is 0 Å². The second-order valence-electron chi connectivity index (χ2n) is 8.12. The molecule has 29 heavy (non-hydrogen) atoms. The van der Waals surface area contributed by atoms with E-state index in [2.05, 4.69) is 71.4 Å². The number of nitrogens with one attached hydrogen (secondary N) is 2. The average Bonchev–Trinajstić information content (AvgIpc) is 2.72. The zero-order valence-corrected chi connectivity index (χ0v) is 18.4. The molecule has 0 aliphatic carbocycles. The van der Waals surface area contributed by atoms with Crippen molar-refractivity contribution >= 4 is 15.9 Å². The first-order chi connectivity index (χ1) is 14.1. The number of halogens is 2. The molecule has 3 aromatic rings. The third-order valence-corrected chi connectivity index (χ3v) is 6.38. The van der Waals surface area contributed by atoms with Crippen molar-refractivity contribution in [3.05, 3.63) is 105 Å². The zero-order chi connectivity index (χ0) is 20.2. The lowest BCUT2D eigenvalue weighted by molar-refractivity contribution is -1.16. The van der Waals surface area contributed by atoms with Crippen LogP contribution in [0.15, 0.2) is 77.3 Å². The number of benzene rings is 3. The first-order valence-corrected chi connectivity index (χ1v) is 11.1. The SMILES string of the molecule is Cc1ccc(C[NH+]2CCC[NH+](Cc3ccc(F)cc3)C2c2cccc(Br)c2)cc1. The van der Waals surface area contributed by atoms with Crippen LogP contribution in [0.1, 0.15) is 34.8 Å². The minimum Gasteiger partial charge on any atom is -0.278 e. The van der Waals surface area contributed by atoms with Crippen molar-refractivity contribution in [3.8, 4) is 0 Å². The van der Waals surface area contributed by atoms with Crippen LogP contribution in [-0.2, 0) is 13.1 Å². The van der Waals surface area contributed by atoms with Crippen LogP contribution in [0.2, 0.25) is 0 Å². The average molecular weight is 455 g/mol. The highest BCUT2D eigenvalue weighted by Gasteiger charge is 2.37. The molecule has 1 heterocycles. The van der Waals surface area contributed by atoms with Crippen LogP contribution in [0, 0.1) is 12.7 Å². The maximum absolute atomic E-state index is 13.4. The maximum atomic E-state index is 13.4. The van der Waals surface area contributed by atoms with E-state index in [0.717, 1.165) is 30.7 Å². The fourth-order valence-electron chi connectivity index (χ4n) is 4.49. The second kappa shape index (κ2) is 9.21. The van der Waals surface area contributed by atoms with Crippen LogP contribution >= 0.6 is 15.9 Å². The van der Waals surface area contributed by atoms with E-state index in [1.807, 2.05) is 12.1 Å². The summed E-state index contributed by atoms with van der Waals surface area (Å²) in [6.45, 7) is 6.36. The highest BCUT2D eigenvalue weighted by molar-refractivity contribution is 9.10. The summed E-state index contributed by atoms with van der Waals surface area (Å²) in [4.78, 5) is 3.14. The number of hydrogen-bond acceptors (Lipinski definition) is 0. The molecule has 0 aromatic heterocycles. The van der Waals surface area contributed by atoms with Gasteiger partial charge >= 0.3 is 0 Å². The van der Waals surface area contributed by atoms with Gasteiger partial charge < -0.3 is 0 Å². The van der Waals surface area contributed by atoms with E-state index in [0.29, 0.717) is 6.17 Å². The Morgan fingerprint density at radius 2 is 1.45 bits per heavy atom. The van der Waals surface area contributed by atoms with Gasteiger partial charge in [-0.1, -0.05) is 64.0 Å². The molecule has 3 unspecified atom stereocenters. The molecular weight excluding hydrogens is 427 g/mol. The van der Waals surface area contributed by atoms with Gasteiger partial charge in [0.2, 0.25) is 6.17 Å². The molecule has 4 rings (SSSR count). The molecular formula is C25H28BrFN2+2. The van der Waals surface area contributed by atoms with E-state index < -0.39 is 0 Å². The van der Waals surface area contributed by atoms with Crippen molar-refractivity contribution < 1.29 is 14.2 Å². The summed E-state index contributed by atoms with van der Waals surface area (Å²) < 4.78 is 14.5. The molecule has 1 aliphatic heterocycles. The van der Waals surface area contributed by atoms with Gasteiger partial charge in [0.25, 0.3) is 0 Å². The molecule has 4 heteroatoms. The van der Waals surface area contributed by atoms with Gasteiger partial charge in [0.05, 0.1) is 18.7 Å². The van der Waals surface area contributed by atoms with Gasteiger partial charge in [-0.05, 0) is 37.3 Å². The predicted octanol–water partition coefficient (Wildman–Crippen LogP) is 3.47. The Balaban J connectivity index is 1.63. The van der Waals surface area contributed by atoms with Gasteiger partial charge in [0.15, 0.2) is 0 Å². The molecule has 1 saturated heterocycles. The Morgan fingerprint density at radius 3 is 2.03 bits per heavy atom. The highest BCUT2D eigenvalue weighted by Crippen LogP contribution is 2.16. The first-order valence-electron chi connectivity index (χ1n) is 10.3. The van der Waals surface area contributed by atoms with Crippen molar-refractivity contribution in [1.29, 1.82) is 0 Å². The Morgan fingerprint density at radius 1 is 0.862 bits per heavy atom. The molecule has 1 aliphatic rings. The lowest BCUT2D eigenvalue weighted by Gasteiger charge is -2.38. The third-order valence-electron chi connectivity index (χ3n) is 5.89. The quantitative estimate of drug-likeness (QED) is 0.583. The van der Waals surface area contributed by atoms with Crippen LogP contribution in [-0.4, -0.2) is 13.1 Å². The van der Waals surface area contributed by atoms with E-state index in [1.54, 1.807) is 21.9 Å².